The van der Waals surface area contributed by atoms with Crippen molar-refractivity contribution in [3.8, 4) is 39.9 Å². The van der Waals surface area contributed by atoms with Crippen LogP contribution in [0.1, 0.15) is 0 Å². The van der Waals surface area contributed by atoms with Crippen LogP contribution >= 0.6 is 0 Å². The summed E-state index contributed by atoms with van der Waals surface area (Å²) >= 11 is 0. The molecule has 0 aliphatic heterocycles. The van der Waals surface area contributed by atoms with Crippen molar-refractivity contribution in [2.75, 3.05) is 0 Å². The molecule has 0 atom stereocenters. The molecule has 5 nitrogen and oxygen atoms in total. The van der Waals surface area contributed by atoms with E-state index in [4.69, 9.17) is 19.4 Å². The van der Waals surface area contributed by atoms with Crippen LogP contribution in [-0.2, 0) is 0 Å². The van der Waals surface area contributed by atoms with Gasteiger partial charge in [0.1, 0.15) is 11.2 Å². The molecule has 224 valence electrons. The quantitative estimate of drug-likeness (QED) is 0.198. The van der Waals surface area contributed by atoms with Crippen LogP contribution in [0, 0.1) is 0 Å². The molecule has 10 rings (SSSR count). The number of para-hydroxylation sites is 2. The molecular weight excluding hydrogens is 589 g/mol. The summed E-state index contributed by atoms with van der Waals surface area (Å²) in [5.74, 6) is 1.85. The lowest BCUT2D eigenvalue weighted by Gasteiger charge is -2.12. The Hall–Kier alpha value is -6.59. The average molecular weight is 615 g/mol. The molecule has 3 heterocycles. The molecular formula is C43H26N4O. The Kier molecular flexibility index (Phi) is 5.81. The van der Waals surface area contributed by atoms with E-state index < -0.39 is 0 Å². The van der Waals surface area contributed by atoms with Gasteiger partial charge in [0.05, 0.1) is 11.0 Å². The molecule has 0 unspecified atom stereocenters. The van der Waals surface area contributed by atoms with Gasteiger partial charge in [-0.05, 0) is 59.3 Å². The lowest BCUT2D eigenvalue weighted by atomic mass is 10.0. The number of aromatic nitrogens is 4. The number of nitrogens with zero attached hydrogens (tertiary/aromatic N) is 4. The Morgan fingerprint density at radius 1 is 0.396 bits per heavy atom. The summed E-state index contributed by atoms with van der Waals surface area (Å²) in [5, 5.41) is 7.06. The molecule has 0 N–H and O–H groups in total. The van der Waals surface area contributed by atoms with E-state index in [9.17, 15) is 0 Å². The number of fused-ring (bicyclic) bond motifs is 8. The Balaban J connectivity index is 1.18. The zero-order valence-corrected chi connectivity index (χ0v) is 25.7. The van der Waals surface area contributed by atoms with Crippen LogP contribution in [0.3, 0.4) is 0 Å². The van der Waals surface area contributed by atoms with Crippen molar-refractivity contribution in [2.24, 2.45) is 0 Å². The third-order valence-electron chi connectivity index (χ3n) is 9.23. The van der Waals surface area contributed by atoms with Crippen LogP contribution in [-0.4, -0.2) is 19.5 Å². The highest BCUT2D eigenvalue weighted by atomic mass is 16.3. The maximum absolute atomic E-state index is 6.11. The third kappa shape index (κ3) is 4.15. The van der Waals surface area contributed by atoms with Crippen molar-refractivity contribution in [3.05, 3.63) is 158 Å². The van der Waals surface area contributed by atoms with Gasteiger partial charge in [0, 0.05) is 43.9 Å². The van der Waals surface area contributed by atoms with Crippen LogP contribution < -0.4 is 0 Å². The highest BCUT2D eigenvalue weighted by Gasteiger charge is 2.17. The van der Waals surface area contributed by atoms with Crippen LogP contribution in [0.2, 0.25) is 0 Å². The summed E-state index contributed by atoms with van der Waals surface area (Å²) in [4.78, 5) is 15.1. The molecule has 0 amide bonds. The maximum Gasteiger partial charge on any atom is 0.164 e. The largest absolute Gasteiger partial charge is 0.456 e. The zero-order valence-electron chi connectivity index (χ0n) is 25.7. The van der Waals surface area contributed by atoms with E-state index in [1.54, 1.807) is 0 Å². The average Bonchev–Trinajstić information content (AvgIpc) is 3.71. The first-order valence-electron chi connectivity index (χ1n) is 16.0. The molecule has 0 radical (unpaired) electrons. The molecule has 0 spiro atoms. The highest BCUT2D eigenvalue weighted by Crippen LogP contribution is 2.38. The van der Waals surface area contributed by atoms with Gasteiger partial charge in [0.15, 0.2) is 17.5 Å². The van der Waals surface area contributed by atoms with E-state index in [2.05, 4.69) is 102 Å². The molecule has 0 aliphatic rings. The minimum Gasteiger partial charge on any atom is -0.456 e. The lowest BCUT2D eigenvalue weighted by molar-refractivity contribution is 0.669. The molecule has 7 aromatic carbocycles. The second-order valence-corrected chi connectivity index (χ2v) is 12.1. The summed E-state index contributed by atoms with van der Waals surface area (Å²) in [6.45, 7) is 0. The predicted octanol–water partition coefficient (Wildman–Crippen LogP) is 11.0. The van der Waals surface area contributed by atoms with Crippen molar-refractivity contribution in [1.82, 2.24) is 19.5 Å². The SMILES string of the molecule is c1ccc(-c2nc(-c3cccc(-n4c5ccccc5c5c6ccccc6ccc54)c3)nc(-c3ccc4oc5ccccc5c4c3)n2)cc1. The summed E-state index contributed by atoms with van der Waals surface area (Å²) in [7, 11) is 0. The van der Waals surface area contributed by atoms with Gasteiger partial charge in [0.25, 0.3) is 0 Å². The Labute approximate surface area is 275 Å². The van der Waals surface area contributed by atoms with Gasteiger partial charge in [-0.3, -0.25) is 0 Å². The first-order chi connectivity index (χ1) is 23.8. The van der Waals surface area contributed by atoms with Gasteiger partial charge in [-0.1, -0.05) is 109 Å². The molecule has 3 aromatic heterocycles. The number of furan rings is 1. The minimum atomic E-state index is 0.611. The van der Waals surface area contributed by atoms with Crippen molar-refractivity contribution in [2.45, 2.75) is 0 Å². The van der Waals surface area contributed by atoms with E-state index in [1.165, 1.54) is 21.5 Å². The number of hydrogen-bond acceptors (Lipinski definition) is 4. The summed E-state index contributed by atoms with van der Waals surface area (Å²) in [6.07, 6.45) is 0. The normalized spacial score (nSPS) is 11.8. The van der Waals surface area contributed by atoms with Gasteiger partial charge in [-0.15, -0.1) is 0 Å². The fourth-order valence-electron chi connectivity index (χ4n) is 7.02. The second kappa shape index (κ2) is 10.5. The van der Waals surface area contributed by atoms with Gasteiger partial charge in [-0.25, -0.2) is 15.0 Å². The minimum absolute atomic E-state index is 0.611. The number of rotatable bonds is 4. The van der Waals surface area contributed by atoms with E-state index in [0.29, 0.717) is 17.5 Å². The molecule has 0 fully saturated rings. The molecule has 0 saturated heterocycles. The van der Waals surface area contributed by atoms with Crippen LogP contribution in [0.15, 0.2) is 162 Å². The van der Waals surface area contributed by atoms with Crippen LogP contribution in [0.4, 0.5) is 0 Å². The van der Waals surface area contributed by atoms with Crippen LogP contribution in [0.5, 0.6) is 0 Å². The van der Waals surface area contributed by atoms with Crippen LogP contribution in [0.25, 0.3) is 94.4 Å². The first-order valence-corrected chi connectivity index (χ1v) is 16.0. The summed E-state index contributed by atoms with van der Waals surface area (Å²) < 4.78 is 8.45. The van der Waals surface area contributed by atoms with Gasteiger partial charge >= 0.3 is 0 Å². The Morgan fingerprint density at radius 2 is 1.04 bits per heavy atom. The maximum atomic E-state index is 6.11. The lowest BCUT2D eigenvalue weighted by Crippen LogP contribution is -2.01. The van der Waals surface area contributed by atoms with Crippen molar-refractivity contribution >= 4 is 54.5 Å². The monoisotopic (exact) mass is 614 g/mol. The molecule has 0 saturated carbocycles. The van der Waals surface area contributed by atoms with E-state index in [1.807, 2.05) is 60.7 Å². The second-order valence-electron chi connectivity index (χ2n) is 12.1. The predicted molar refractivity (Wildman–Crippen MR) is 195 cm³/mol. The van der Waals surface area contributed by atoms with Crippen molar-refractivity contribution in [1.29, 1.82) is 0 Å². The number of benzene rings is 7. The highest BCUT2D eigenvalue weighted by molar-refractivity contribution is 6.21. The van der Waals surface area contributed by atoms with E-state index in [-0.39, 0.29) is 0 Å². The number of hydrogen-bond donors (Lipinski definition) is 0. The molecule has 0 bridgehead atoms. The standard InChI is InChI=1S/C43H26N4O/c1-2-12-28(13-3-1)41-44-42(46-43(45-41)30-22-24-39-35(26-30)33-17-7-9-20-38(33)48-39)29-14-10-15-31(25-29)47-36-19-8-6-18-34(36)40-32-16-5-4-11-27(32)21-23-37(40)47/h1-26H. The van der Waals surface area contributed by atoms with Gasteiger partial charge in [-0.2, -0.15) is 0 Å². The Morgan fingerprint density at radius 3 is 1.90 bits per heavy atom. The molecule has 5 heteroatoms. The van der Waals surface area contributed by atoms with Gasteiger partial charge in [0.2, 0.25) is 0 Å². The van der Waals surface area contributed by atoms with Crippen molar-refractivity contribution < 1.29 is 4.42 Å². The molecule has 10 aromatic rings. The fourth-order valence-corrected chi connectivity index (χ4v) is 7.02. The van der Waals surface area contributed by atoms with Gasteiger partial charge < -0.3 is 8.98 Å². The first kappa shape index (κ1) is 26.6. The molecule has 0 aliphatic carbocycles. The summed E-state index contributed by atoms with van der Waals surface area (Å²) in [5.41, 5.74) is 7.81. The summed E-state index contributed by atoms with van der Waals surface area (Å²) in [6, 6.07) is 54.5. The molecule has 48 heavy (non-hydrogen) atoms. The van der Waals surface area contributed by atoms with E-state index in [0.717, 1.165) is 55.3 Å². The third-order valence-corrected chi connectivity index (χ3v) is 9.23. The Bertz CT molecular complexity index is 2850. The van der Waals surface area contributed by atoms with Crippen molar-refractivity contribution in [3.63, 3.8) is 0 Å². The topological polar surface area (TPSA) is 56.7 Å². The smallest absolute Gasteiger partial charge is 0.164 e. The van der Waals surface area contributed by atoms with E-state index >= 15 is 0 Å². The zero-order chi connectivity index (χ0) is 31.6. The fraction of sp³-hybridized carbons (Fsp3) is 0.